The van der Waals surface area contributed by atoms with Crippen molar-refractivity contribution in [3.8, 4) is 11.5 Å². The first kappa shape index (κ1) is 14.7. The van der Waals surface area contributed by atoms with Crippen LogP contribution in [-0.2, 0) is 0 Å². The van der Waals surface area contributed by atoms with E-state index in [1.54, 1.807) is 12.1 Å². The van der Waals surface area contributed by atoms with Crippen LogP contribution >= 0.6 is 34.5 Å². The highest BCUT2D eigenvalue weighted by Gasteiger charge is 2.43. The maximum absolute atomic E-state index is 13.0. The molecule has 2 aromatic rings. The van der Waals surface area contributed by atoms with Crippen molar-refractivity contribution in [2.45, 2.75) is 19.3 Å². The van der Waals surface area contributed by atoms with E-state index < -0.39 is 6.29 Å². The fourth-order valence-corrected chi connectivity index (χ4v) is 3.66. The summed E-state index contributed by atoms with van der Waals surface area (Å²) >= 11 is 13.3. The molecule has 3 nitrogen and oxygen atoms in total. The monoisotopic (exact) mass is 351 g/mol. The van der Waals surface area contributed by atoms with E-state index in [-0.39, 0.29) is 17.5 Å². The van der Waals surface area contributed by atoms with E-state index in [0.29, 0.717) is 14.4 Å². The summed E-state index contributed by atoms with van der Waals surface area (Å²) in [5.74, 6) is 0.00135. The third-order valence-electron chi connectivity index (χ3n) is 2.93. The highest BCUT2D eigenvalue weighted by Crippen LogP contribution is 2.43. The molecule has 21 heavy (non-hydrogen) atoms. The highest BCUT2D eigenvalue weighted by molar-refractivity contribution is 7.20. The van der Waals surface area contributed by atoms with Crippen LogP contribution in [0.3, 0.4) is 0 Å². The van der Waals surface area contributed by atoms with Gasteiger partial charge in [-0.15, -0.1) is 20.1 Å². The Morgan fingerprint density at radius 2 is 1.90 bits per heavy atom. The highest BCUT2D eigenvalue weighted by atomic mass is 35.5. The molecule has 0 fully saturated rings. The van der Waals surface area contributed by atoms with Gasteiger partial charge in [0, 0.05) is 17.3 Å². The zero-order chi connectivity index (χ0) is 15.2. The molecule has 1 aromatic carbocycles. The summed E-state index contributed by atoms with van der Waals surface area (Å²) in [6.07, 6.45) is -3.61. The van der Waals surface area contributed by atoms with Crippen LogP contribution in [0.15, 0.2) is 24.3 Å². The Kier molecular flexibility index (Phi) is 3.63. The van der Waals surface area contributed by atoms with Crippen molar-refractivity contribution in [3.63, 3.8) is 0 Å². The van der Waals surface area contributed by atoms with Crippen LogP contribution in [0.25, 0.3) is 0 Å². The summed E-state index contributed by atoms with van der Waals surface area (Å²) < 4.78 is 35.8. The van der Waals surface area contributed by atoms with Gasteiger partial charge in [-0.25, -0.2) is 0 Å². The first-order valence-corrected chi connectivity index (χ1v) is 7.52. The number of nitrogens with one attached hydrogen (secondary N) is 1. The van der Waals surface area contributed by atoms with Crippen molar-refractivity contribution in [3.05, 3.63) is 38.5 Å². The third-order valence-corrected chi connectivity index (χ3v) is 4.45. The minimum Gasteiger partial charge on any atom is -0.395 e. The van der Waals surface area contributed by atoms with E-state index in [4.69, 9.17) is 23.2 Å². The van der Waals surface area contributed by atoms with Gasteiger partial charge in [0.25, 0.3) is 0 Å². The summed E-state index contributed by atoms with van der Waals surface area (Å²) in [6.45, 7) is 1.89. The molecule has 0 aliphatic carbocycles. The third kappa shape index (κ3) is 3.02. The molecule has 0 bridgehead atoms. The predicted octanol–water partition coefficient (Wildman–Crippen LogP) is 5.55. The number of hydrogen-bond acceptors (Lipinski definition) is 4. The molecule has 2 heterocycles. The zero-order valence-corrected chi connectivity index (χ0v) is 13.0. The molecule has 1 atom stereocenters. The van der Waals surface area contributed by atoms with E-state index in [9.17, 15) is 8.78 Å². The van der Waals surface area contributed by atoms with Gasteiger partial charge in [0.2, 0.25) is 0 Å². The van der Waals surface area contributed by atoms with Crippen LogP contribution in [0.1, 0.15) is 18.5 Å². The van der Waals surface area contributed by atoms with Crippen LogP contribution in [-0.4, -0.2) is 6.29 Å². The number of alkyl halides is 2. The SMILES string of the molecule is CC(Nc1ccc2c(c1)OC(F)(F)O2)c1cc(Cl)sc1Cl. The second-order valence-corrected chi connectivity index (χ2v) is 6.76. The number of ether oxygens (including phenoxy) is 2. The molecule has 0 spiro atoms. The fourth-order valence-electron chi connectivity index (χ4n) is 2.01. The molecular weight excluding hydrogens is 343 g/mol. The average molecular weight is 352 g/mol. The van der Waals surface area contributed by atoms with Crippen molar-refractivity contribution < 1.29 is 18.3 Å². The summed E-state index contributed by atoms with van der Waals surface area (Å²) in [5.41, 5.74) is 1.45. The maximum atomic E-state index is 13.0. The Labute approximate surface area is 133 Å². The molecule has 1 aliphatic rings. The molecule has 0 saturated heterocycles. The number of rotatable bonds is 3. The van der Waals surface area contributed by atoms with E-state index in [0.717, 1.165) is 5.56 Å². The number of anilines is 1. The molecule has 1 N–H and O–H groups in total. The van der Waals surface area contributed by atoms with E-state index in [1.165, 1.54) is 23.5 Å². The average Bonchev–Trinajstić information content (AvgIpc) is 2.86. The Bertz CT molecular complexity index is 693. The lowest BCUT2D eigenvalue weighted by Gasteiger charge is -2.15. The van der Waals surface area contributed by atoms with Gasteiger partial charge >= 0.3 is 6.29 Å². The molecule has 1 aliphatic heterocycles. The summed E-state index contributed by atoms with van der Waals surface area (Å²) in [5, 5.41) is 3.15. The van der Waals surface area contributed by atoms with Crippen LogP contribution in [0.2, 0.25) is 8.67 Å². The van der Waals surface area contributed by atoms with Crippen molar-refractivity contribution in [1.29, 1.82) is 0 Å². The Balaban J connectivity index is 1.79. The molecule has 1 aromatic heterocycles. The normalized spacial score (nSPS) is 16.8. The molecule has 8 heteroatoms. The Morgan fingerprint density at radius 3 is 2.57 bits per heavy atom. The number of hydrogen-bond donors (Lipinski definition) is 1. The fraction of sp³-hybridized carbons (Fsp3) is 0.231. The lowest BCUT2D eigenvalue weighted by atomic mass is 10.1. The van der Waals surface area contributed by atoms with E-state index in [1.807, 2.05) is 6.92 Å². The lowest BCUT2D eigenvalue weighted by molar-refractivity contribution is -0.286. The number of thiophene rings is 1. The number of benzene rings is 1. The summed E-state index contributed by atoms with van der Waals surface area (Å²) in [4.78, 5) is 0. The van der Waals surface area contributed by atoms with Crippen molar-refractivity contribution >= 4 is 40.2 Å². The molecule has 0 radical (unpaired) electrons. The van der Waals surface area contributed by atoms with Gasteiger partial charge in [0.05, 0.1) is 14.7 Å². The van der Waals surface area contributed by atoms with Crippen LogP contribution < -0.4 is 14.8 Å². The molecule has 1 unspecified atom stereocenters. The summed E-state index contributed by atoms with van der Waals surface area (Å²) in [7, 11) is 0. The minimum atomic E-state index is -3.61. The van der Waals surface area contributed by atoms with Crippen molar-refractivity contribution in [2.24, 2.45) is 0 Å². The number of halogens is 4. The topological polar surface area (TPSA) is 30.5 Å². The van der Waals surface area contributed by atoms with E-state index >= 15 is 0 Å². The van der Waals surface area contributed by atoms with Crippen molar-refractivity contribution in [1.82, 2.24) is 0 Å². The van der Waals surface area contributed by atoms with Gasteiger partial charge < -0.3 is 14.8 Å². The molecule has 0 amide bonds. The van der Waals surface area contributed by atoms with Gasteiger partial charge in [0.1, 0.15) is 0 Å². The van der Waals surface area contributed by atoms with Gasteiger partial charge in [-0.1, -0.05) is 23.2 Å². The zero-order valence-electron chi connectivity index (χ0n) is 10.6. The largest absolute Gasteiger partial charge is 0.586 e. The predicted molar refractivity (Wildman–Crippen MR) is 79.0 cm³/mol. The Hall–Kier alpha value is -1.24. The van der Waals surface area contributed by atoms with E-state index in [2.05, 4.69) is 14.8 Å². The number of fused-ring (bicyclic) bond motifs is 1. The summed E-state index contributed by atoms with van der Waals surface area (Å²) in [6, 6.07) is 6.14. The van der Waals surface area contributed by atoms with Crippen LogP contribution in [0, 0.1) is 0 Å². The molecule has 3 rings (SSSR count). The first-order chi connectivity index (χ1) is 9.84. The Morgan fingerprint density at radius 1 is 1.19 bits per heavy atom. The smallest absolute Gasteiger partial charge is 0.395 e. The van der Waals surface area contributed by atoms with Gasteiger partial charge in [-0.05, 0) is 25.1 Å². The molecule has 112 valence electrons. The van der Waals surface area contributed by atoms with Gasteiger partial charge in [0.15, 0.2) is 11.5 Å². The second kappa shape index (κ2) is 5.19. The lowest BCUT2D eigenvalue weighted by Crippen LogP contribution is -2.25. The van der Waals surface area contributed by atoms with Crippen molar-refractivity contribution in [2.75, 3.05) is 5.32 Å². The van der Waals surface area contributed by atoms with Crippen LogP contribution in [0.5, 0.6) is 11.5 Å². The molecule has 0 saturated carbocycles. The van der Waals surface area contributed by atoms with Gasteiger partial charge in [-0.3, -0.25) is 0 Å². The quantitative estimate of drug-likeness (QED) is 0.786. The molecular formula is C13H9Cl2F2NO2S. The first-order valence-electron chi connectivity index (χ1n) is 5.95. The van der Waals surface area contributed by atoms with Crippen LogP contribution in [0.4, 0.5) is 14.5 Å². The minimum absolute atomic E-state index is 0.00773. The second-order valence-electron chi connectivity index (χ2n) is 4.47. The maximum Gasteiger partial charge on any atom is 0.586 e. The standard InChI is InChI=1S/C13H9Cl2F2NO2S/c1-6(8-5-11(14)21-12(8)15)18-7-2-3-9-10(4-7)20-13(16,17)19-9/h2-6,18H,1H3. The van der Waals surface area contributed by atoms with Gasteiger partial charge in [-0.2, -0.15) is 0 Å².